The number of likely N-dealkylation sites (tertiary alicyclic amines) is 1. The summed E-state index contributed by atoms with van der Waals surface area (Å²) in [5.41, 5.74) is 0. The van der Waals surface area contributed by atoms with E-state index in [1.54, 1.807) is 0 Å². The van der Waals surface area contributed by atoms with Crippen LogP contribution in [0.25, 0.3) is 0 Å². The SMILES string of the molecule is C1CCN(C[C@@H]2C[N]CCO2)C1. The van der Waals surface area contributed by atoms with Crippen LogP contribution in [0.4, 0.5) is 0 Å². The van der Waals surface area contributed by atoms with E-state index in [-0.39, 0.29) is 0 Å². The van der Waals surface area contributed by atoms with Gasteiger partial charge in [-0.1, -0.05) is 0 Å². The molecular formula is C9H17N2O. The van der Waals surface area contributed by atoms with E-state index in [1.807, 2.05) is 0 Å². The van der Waals surface area contributed by atoms with Crippen LogP contribution in [0, 0.1) is 0 Å². The molecule has 0 bridgehead atoms. The molecule has 0 saturated carbocycles. The van der Waals surface area contributed by atoms with Gasteiger partial charge >= 0.3 is 0 Å². The fraction of sp³-hybridized carbons (Fsp3) is 1.00. The smallest absolute Gasteiger partial charge is 0.0843 e. The minimum atomic E-state index is 0.386. The molecule has 0 aromatic heterocycles. The molecule has 2 aliphatic heterocycles. The lowest BCUT2D eigenvalue weighted by Gasteiger charge is -2.26. The molecule has 0 amide bonds. The second-order valence-corrected chi connectivity index (χ2v) is 3.63. The maximum absolute atomic E-state index is 5.60. The van der Waals surface area contributed by atoms with E-state index in [0.29, 0.717) is 6.10 Å². The summed E-state index contributed by atoms with van der Waals surface area (Å²) in [6.45, 7) is 6.27. The summed E-state index contributed by atoms with van der Waals surface area (Å²) in [5, 5.41) is 4.35. The first-order chi connectivity index (χ1) is 5.95. The molecule has 2 rings (SSSR count). The molecule has 2 fully saturated rings. The van der Waals surface area contributed by atoms with E-state index < -0.39 is 0 Å². The van der Waals surface area contributed by atoms with Crippen LogP contribution in [0.15, 0.2) is 0 Å². The molecule has 0 spiro atoms. The van der Waals surface area contributed by atoms with Crippen molar-refractivity contribution in [1.29, 1.82) is 0 Å². The van der Waals surface area contributed by atoms with Crippen molar-refractivity contribution in [1.82, 2.24) is 10.2 Å². The molecule has 3 nitrogen and oxygen atoms in total. The lowest BCUT2D eigenvalue weighted by Crippen LogP contribution is -2.41. The second-order valence-electron chi connectivity index (χ2n) is 3.63. The number of morpholine rings is 1. The van der Waals surface area contributed by atoms with Gasteiger partial charge < -0.3 is 9.64 Å². The van der Waals surface area contributed by atoms with Crippen LogP contribution in [-0.4, -0.2) is 50.3 Å². The largest absolute Gasteiger partial charge is 0.374 e. The van der Waals surface area contributed by atoms with Crippen LogP contribution in [0.2, 0.25) is 0 Å². The summed E-state index contributed by atoms with van der Waals surface area (Å²) in [7, 11) is 0. The fourth-order valence-corrected chi connectivity index (χ4v) is 1.94. The van der Waals surface area contributed by atoms with Crippen LogP contribution in [0.3, 0.4) is 0 Å². The summed E-state index contributed by atoms with van der Waals surface area (Å²) in [5.74, 6) is 0. The average Bonchev–Trinajstić information content (AvgIpc) is 2.59. The second kappa shape index (κ2) is 4.21. The summed E-state index contributed by atoms with van der Waals surface area (Å²) in [4.78, 5) is 2.49. The Morgan fingerprint density at radius 3 is 2.83 bits per heavy atom. The van der Waals surface area contributed by atoms with Crippen molar-refractivity contribution in [3.05, 3.63) is 0 Å². The van der Waals surface area contributed by atoms with Crippen molar-refractivity contribution in [3.63, 3.8) is 0 Å². The Bertz CT molecular complexity index is 128. The van der Waals surface area contributed by atoms with Gasteiger partial charge in [-0.25, -0.2) is 5.32 Å². The van der Waals surface area contributed by atoms with Crippen molar-refractivity contribution in [2.45, 2.75) is 18.9 Å². The Morgan fingerprint density at radius 2 is 2.17 bits per heavy atom. The van der Waals surface area contributed by atoms with Gasteiger partial charge in [0.2, 0.25) is 0 Å². The Labute approximate surface area is 74.1 Å². The van der Waals surface area contributed by atoms with Gasteiger partial charge in [0.15, 0.2) is 0 Å². The van der Waals surface area contributed by atoms with Crippen molar-refractivity contribution < 1.29 is 4.74 Å². The zero-order valence-electron chi connectivity index (χ0n) is 7.54. The number of hydrogen-bond donors (Lipinski definition) is 0. The highest BCUT2D eigenvalue weighted by Crippen LogP contribution is 2.09. The third-order valence-electron chi connectivity index (χ3n) is 2.60. The molecule has 0 aromatic rings. The van der Waals surface area contributed by atoms with Crippen LogP contribution in [-0.2, 0) is 4.74 Å². The van der Waals surface area contributed by atoms with Crippen molar-refractivity contribution >= 4 is 0 Å². The predicted molar refractivity (Wildman–Crippen MR) is 47.3 cm³/mol. The molecule has 12 heavy (non-hydrogen) atoms. The van der Waals surface area contributed by atoms with Gasteiger partial charge in [-0.15, -0.1) is 0 Å². The Morgan fingerprint density at radius 1 is 1.33 bits per heavy atom. The van der Waals surface area contributed by atoms with Crippen LogP contribution >= 0.6 is 0 Å². The predicted octanol–water partition coefficient (Wildman–Crippen LogP) is 0.0854. The first kappa shape index (κ1) is 8.48. The topological polar surface area (TPSA) is 26.6 Å². The Kier molecular flexibility index (Phi) is 2.98. The zero-order valence-corrected chi connectivity index (χ0v) is 7.54. The molecule has 0 aliphatic carbocycles. The monoisotopic (exact) mass is 169 g/mol. The minimum absolute atomic E-state index is 0.386. The maximum atomic E-state index is 5.60. The third kappa shape index (κ3) is 2.19. The Hall–Kier alpha value is -0.120. The molecule has 1 radical (unpaired) electrons. The normalized spacial score (nSPS) is 32.5. The molecular weight excluding hydrogens is 152 g/mol. The highest BCUT2D eigenvalue weighted by atomic mass is 16.5. The van der Waals surface area contributed by atoms with Crippen molar-refractivity contribution in [2.24, 2.45) is 0 Å². The molecule has 1 atom stereocenters. The summed E-state index contributed by atoms with van der Waals surface area (Å²) < 4.78 is 5.60. The first-order valence-corrected chi connectivity index (χ1v) is 4.92. The van der Waals surface area contributed by atoms with Crippen molar-refractivity contribution in [2.75, 3.05) is 39.3 Å². The lowest BCUT2D eigenvalue weighted by atomic mass is 10.3. The zero-order chi connectivity index (χ0) is 8.23. The number of hydrogen-bond acceptors (Lipinski definition) is 2. The highest BCUT2D eigenvalue weighted by molar-refractivity contribution is 4.74. The van der Waals surface area contributed by atoms with E-state index in [4.69, 9.17) is 4.74 Å². The molecule has 0 unspecified atom stereocenters. The molecule has 2 aliphatic rings. The fourth-order valence-electron chi connectivity index (χ4n) is 1.94. The highest BCUT2D eigenvalue weighted by Gasteiger charge is 2.19. The summed E-state index contributed by atoms with van der Waals surface area (Å²) >= 11 is 0. The number of nitrogens with zero attached hydrogens (tertiary/aromatic N) is 2. The molecule has 0 N–H and O–H groups in total. The van der Waals surface area contributed by atoms with Crippen LogP contribution in [0.5, 0.6) is 0 Å². The van der Waals surface area contributed by atoms with E-state index in [0.717, 1.165) is 26.2 Å². The molecule has 0 aromatic carbocycles. The third-order valence-corrected chi connectivity index (χ3v) is 2.60. The molecule has 2 saturated heterocycles. The quantitative estimate of drug-likeness (QED) is 0.585. The number of ether oxygens (including phenoxy) is 1. The molecule has 2 heterocycles. The van der Waals surface area contributed by atoms with Gasteiger partial charge in [0, 0.05) is 19.6 Å². The Balaban J connectivity index is 1.69. The van der Waals surface area contributed by atoms with E-state index in [2.05, 4.69) is 10.2 Å². The minimum Gasteiger partial charge on any atom is -0.374 e. The van der Waals surface area contributed by atoms with Crippen LogP contribution < -0.4 is 5.32 Å². The average molecular weight is 169 g/mol. The van der Waals surface area contributed by atoms with Gasteiger partial charge in [0.25, 0.3) is 0 Å². The van der Waals surface area contributed by atoms with Gasteiger partial charge in [-0.05, 0) is 25.9 Å². The number of rotatable bonds is 2. The summed E-state index contributed by atoms with van der Waals surface area (Å²) in [6.07, 6.45) is 3.12. The van der Waals surface area contributed by atoms with E-state index in [9.17, 15) is 0 Å². The van der Waals surface area contributed by atoms with E-state index in [1.165, 1.54) is 25.9 Å². The lowest BCUT2D eigenvalue weighted by molar-refractivity contribution is 0.00827. The molecule has 3 heteroatoms. The van der Waals surface area contributed by atoms with Gasteiger partial charge in [0.05, 0.1) is 12.7 Å². The van der Waals surface area contributed by atoms with E-state index >= 15 is 0 Å². The molecule has 69 valence electrons. The standard InChI is InChI=1S/C9H17N2O/c1-2-5-11(4-1)8-9-7-10-3-6-12-9/h9H,1-8H2/t9-/m0/s1. The summed E-state index contributed by atoms with van der Waals surface area (Å²) in [6, 6.07) is 0. The van der Waals surface area contributed by atoms with Crippen molar-refractivity contribution in [3.8, 4) is 0 Å². The maximum Gasteiger partial charge on any atom is 0.0843 e. The van der Waals surface area contributed by atoms with Gasteiger partial charge in [-0.2, -0.15) is 0 Å². The van der Waals surface area contributed by atoms with Crippen LogP contribution in [0.1, 0.15) is 12.8 Å². The van der Waals surface area contributed by atoms with Gasteiger partial charge in [-0.3, -0.25) is 0 Å². The van der Waals surface area contributed by atoms with Gasteiger partial charge in [0.1, 0.15) is 0 Å². The first-order valence-electron chi connectivity index (χ1n) is 4.92.